The molecule has 2 bridgehead atoms. The minimum Gasteiger partial charge on any atom is -0.515 e. The van der Waals surface area contributed by atoms with Crippen LogP contribution in [0.5, 0.6) is 0 Å². The molecule has 1 fully saturated rings. The van der Waals surface area contributed by atoms with Crippen LogP contribution in [0, 0.1) is 40.4 Å². The summed E-state index contributed by atoms with van der Waals surface area (Å²) in [5.41, 5.74) is -1.84. The van der Waals surface area contributed by atoms with E-state index in [1.54, 1.807) is 13.8 Å². The van der Waals surface area contributed by atoms with Crippen LogP contribution in [0.3, 0.4) is 0 Å². The lowest BCUT2D eigenvalue weighted by Crippen LogP contribution is -2.39. The molecule has 248 valence electrons. The quantitative estimate of drug-likeness (QED) is 0.0766. The SMILES string of the molecule is C=C(C(=O)O)C(C)C.CC(=CO)C(=O)O.OCC(CO)(CO)CO.OCC(CO)(CO)COC1=CC2CC1C1C=CCC21. The fourth-order valence-electron chi connectivity index (χ4n) is 4.32. The Morgan fingerprint density at radius 2 is 1.42 bits per heavy atom. The monoisotopic (exact) mass is 618 g/mol. The summed E-state index contributed by atoms with van der Waals surface area (Å²) in [4.78, 5) is 19.7. The molecule has 43 heavy (non-hydrogen) atoms. The number of carboxylic acids is 2. The van der Waals surface area contributed by atoms with Gasteiger partial charge in [0.25, 0.3) is 0 Å². The first kappa shape index (κ1) is 40.2. The van der Waals surface area contributed by atoms with E-state index in [0.717, 1.165) is 11.7 Å². The molecule has 0 radical (unpaired) electrons. The van der Waals surface area contributed by atoms with Crippen molar-refractivity contribution in [2.45, 2.75) is 33.6 Å². The summed E-state index contributed by atoms with van der Waals surface area (Å²) in [6.45, 7) is 6.00. The normalized spacial score (nSPS) is 21.8. The van der Waals surface area contributed by atoms with E-state index in [9.17, 15) is 24.9 Å². The number of allylic oxidation sites excluding steroid dienone is 4. The van der Waals surface area contributed by atoms with Gasteiger partial charge in [0.2, 0.25) is 0 Å². The minimum atomic E-state index is -1.11. The summed E-state index contributed by atoms with van der Waals surface area (Å²) >= 11 is 0. The van der Waals surface area contributed by atoms with Gasteiger partial charge in [0.1, 0.15) is 0 Å². The Labute approximate surface area is 252 Å². The van der Waals surface area contributed by atoms with Crippen molar-refractivity contribution >= 4 is 11.9 Å². The van der Waals surface area contributed by atoms with Gasteiger partial charge in [-0.1, -0.05) is 32.6 Å². The van der Waals surface area contributed by atoms with E-state index in [2.05, 4.69) is 24.8 Å². The van der Waals surface area contributed by atoms with E-state index in [1.165, 1.54) is 19.8 Å². The van der Waals surface area contributed by atoms with Crippen molar-refractivity contribution in [3.05, 3.63) is 48.0 Å². The van der Waals surface area contributed by atoms with Crippen molar-refractivity contribution in [2.75, 3.05) is 52.9 Å². The van der Waals surface area contributed by atoms with E-state index in [0.29, 0.717) is 24.0 Å². The van der Waals surface area contributed by atoms with E-state index in [1.807, 2.05) is 0 Å². The van der Waals surface area contributed by atoms with Gasteiger partial charge in [-0.25, -0.2) is 9.59 Å². The Morgan fingerprint density at radius 1 is 0.930 bits per heavy atom. The highest BCUT2D eigenvalue weighted by Crippen LogP contribution is 2.56. The topological polar surface area (TPSA) is 246 Å². The van der Waals surface area contributed by atoms with Crippen LogP contribution in [0.15, 0.2) is 48.0 Å². The number of fused-ring (bicyclic) bond motifs is 5. The van der Waals surface area contributed by atoms with Crippen LogP contribution >= 0.6 is 0 Å². The maximum Gasteiger partial charge on any atom is 0.334 e. The first-order chi connectivity index (χ1) is 20.2. The lowest BCUT2D eigenvalue weighted by atomic mass is 9.84. The van der Waals surface area contributed by atoms with Crippen molar-refractivity contribution in [1.29, 1.82) is 0 Å². The summed E-state index contributed by atoms with van der Waals surface area (Å²) in [7, 11) is 0. The molecule has 0 aromatic rings. The molecule has 0 spiro atoms. The third-order valence-electron chi connectivity index (χ3n) is 7.94. The second-order valence-corrected chi connectivity index (χ2v) is 11.5. The van der Waals surface area contributed by atoms with Gasteiger partial charge in [-0.3, -0.25) is 0 Å². The van der Waals surface area contributed by atoms with Gasteiger partial charge in [-0.15, -0.1) is 0 Å². The summed E-state index contributed by atoms with van der Waals surface area (Å²) in [6, 6.07) is 0. The number of ether oxygens (including phenoxy) is 1. The lowest BCUT2D eigenvalue weighted by Gasteiger charge is -2.30. The Morgan fingerprint density at radius 3 is 1.72 bits per heavy atom. The summed E-state index contributed by atoms with van der Waals surface area (Å²) < 4.78 is 5.83. The van der Waals surface area contributed by atoms with Crippen LogP contribution in [0.25, 0.3) is 0 Å². The molecule has 3 rings (SSSR count). The summed E-state index contributed by atoms with van der Waals surface area (Å²) in [5, 5.41) is 86.1. The van der Waals surface area contributed by atoms with Crippen LogP contribution in [0.4, 0.5) is 0 Å². The zero-order chi connectivity index (χ0) is 33.4. The van der Waals surface area contributed by atoms with Crippen LogP contribution < -0.4 is 0 Å². The maximum absolute atomic E-state index is 10.0. The molecule has 0 saturated heterocycles. The van der Waals surface area contributed by atoms with Crippen molar-refractivity contribution in [3.63, 3.8) is 0 Å². The zero-order valence-electron chi connectivity index (χ0n) is 25.2. The van der Waals surface area contributed by atoms with Crippen LogP contribution in [-0.4, -0.2) is 116 Å². The number of aliphatic hydroxyl groups is 8. The van der Waals surface area contributed by atoms with Crippen LogP contribution in [0.1, 0.15) is 33.6 Å². The number of rotatable bonds is 13. The highest BCUT2D eigenvalue weighted by molar-refractivity contribution is 5.86. The van der Waals surface area contributed by atoms with Gasteiger partial charge < -0.3 is 55.8 Å². The number of aliphatic hydroxyl groups excluding tert-OH is 8. The molecule has 13 heteroatoms. The molecule has 4 unspecified atom stereocenters. The molecule has 0 amide bonds. The van der Waals surface area contributed by atoms with E-state index >= 15 is 0 Å². The predicted octanol–water partition coefficient (Wildman–Crippen LogP) is 0.450. The van der Waals surface area contributed by atoms with Crippen molar-refractivity contribution < 1.29 is 65.4 Å². The van der Waals surface area contributed by atoms with Crippen LogP contribution in [0.2, 0.25) is 0 Å². The average Bonchev–Trinajstić information content (AvgIpc) is 3.74. The van der Waals surface area contributed by atoms with Gasteiger partial charge in [0, 0.05) is 11.5 Å². The van der Waals surface area contributed by atoms with Crippen molar-refractivity contribution in [2.24, 2.45) is 40.4 Å². The van der Waals surface area contributed by atoms with E-state index in [-0.39, 0.29) is 43.5 Å². The second kappa shape index (κ2) is 19.5. The Balaban J connectivity index is 0.000000620. The first-order valence-corrected chi connectivity index (χ1v) is 13.9. The van der Waals surface area contributed by atoms with Gasteiger partial charge in [-0.05, 0) is 49.5 Å². The molecular formula is C30H50O13. The standard InChI is InChI=1S/C15H22O4.C6H10O2.C5H12O4.C4H6O3/c16-6-15(7-17,8-18)9-19-14-5-10-4-13(14)12-3-1-2-11(10)12;1-4(2)5(3)6(7)8;6-1-5(2-7,3-8)4-9;1-3(2-5)4(6)7/h1,3,5,10-13,16-18H,2,4,6-9H2;4H,3H2,1-2H3,(H,7,8);6-9H,1-4H2;2,5H,1H3,(H,6,7). The number of hydrogen-bond acceptors (Lipinski definition) is 11. The Hall–Kier alpha value is -2.78. The average molecular weight is 619 g/mol. The molecule has 3 aliphatic carbocycles. The Bertz CT molecular complexity index is 935. The molecule has 0 aliphatic heterocycles. The molecule has 4 atom stereocenters. The maximum atomic E-state index is 10.0. The summed E-state index contributed by atoms with van der Waals surface area (Å²) in [6.07, 6.45) is 9.70. The highest BCUT2D eigenvalue weighted by atomic mass is 16.5. The van der Waals surface area contributed by atoms with Crippen molar-refractivity contribution in [3.8, 4) is 0 Å². The number of carboxylic acid groups (broad SMARTS) is 2. The first-order valence-electron chi connectivity index (χ1n) is 13.9. The minimum absolute atomic E-state index is 0.0486. The van der Waals surface area contributed by atoms with Gasteiger partial charge in [0.15, 0.2) is 0 Å². The number of aliphatic carboxylic acids is 2. The van der Waals surface area contributed by atoms with Crippen LogP contribution in [-0.2, 0) is 14.3 Å². The second-order valence-electron chi connectivity index (χ2n) is 11.5. The summed E-state index contributed by atoms with van der Waals surface area (Å²) in [5.74, 6) is 1.49. The van der Waals surface area contributed by atoms with E-state index in [4.69, 9.17) is 40.5 Å². The fourth-order valence-corrected chi connectivity index (χ4v) is 4.32. The molecule has 0 aromatic heterocycles. The molecule has 13 nitrogen and oxygen atoms in total. The lowest BCUT2D eigenvalue weighted by molar-refractivity contribution is -0.133. The van der Waals surface area contributed by atoms with Gasteiger partial charge >= 0.3 is 11.9 Å². The molecule has 0 heterocycles. The van der Waals surface area contributed by atoms with Crippen molar-refractivity contribution in [1.82, 2.24) is 0 Å². The zero-order valence-corrected chi connectivity index (χ0v) is 25.2. The highest BCUT2D eigenvalue weighted by Gasteiger charge is 2.49. The largest absolute Gasteiger partial charge is 0.515 e. The number of carbonyl (C=O) groups is 2. The Kier molecular flexibility index (Phi) is 18.2. The van der Waals surface area contributed by atoms with Gasteiger partial charge in [-0.2, -0.15) is 0 Å². The third-order valence-corrected chi connectivity index (χ3v) is 7.94. The molecule has 10 N–H and O–H groups in total. The smallest absolute Gasteiger partial charge is 0.334 e. The fraction of sp³-hybridized carbons (Fsp3) is 0.667. The van der Waals surface area contributed by atoms with Gasteiger partial charge in [0.05, 0.1) is 81.3 Å². The number of hydrogen-bond donors (Lipinski definition) is 10. The van der Waals surface area contributed by atoms with E-state index < -0.39 is 49.2 Å². The molecule has 1 saturated carbocycles. The predicted molar refractivity (Wildman–Crippen MR) is 156 cm³/mol. The molecule has 0 aromatic carbocycles. The third kappa shape index (κ3) is 11.7. The molecular weight excluding hydrogens is 568 g/mol. The molecule has 3 aliphatic rings.